The van der Waals surface area contributed by atoms with Crippen LogP contribution in [0.2, 0.25) is 5.02 Å². The van der Waals surface area contributed by atoms with Crippen LogP contribution < -0.4 is 10.2 Å². The minimum Gasteiger partial charge on any atom is -0.497 e. The highest BCUT2D eigenvalue weighted by atomic mass is 35.5. The Morgan fingerprint density at radius 1 is 1.10 bits per heavy atom. The first-order valence-corrected chi connectivity index (χ1v) is 7.25. The summed E-state index contributed by atoms with van der Waals surface area (Å²) >= 11 is 7.71. The number of ether oxygens (including phenoxy) is 1. The molecule has 0 fully saturated rings. The maximum atomic E-state index is 12.2. The summed E-state index contributed by atoms with van der Waals surface area (Å²) in [5.74, 6) is 0.792. The maximum Gasteiger partial charge on any atom is 0.188 e. The van der Waals surface area contributed by atoms with Crippen molar-refractivity contribution in [1.29, 1.82) is 0 Å². The number of halogens is 1. The highest BCUT2D eigenvalue weighted by molar-refractivity contribution is 7.22. The first-order chi connectivity index (χ1) is 9.69. The van der Waals surface area contributed by atoms with E-state index in [1.54, 1.807) is 31.4 Å². The van der Waals surface area contributed by atoms with Gasteiger partial charge in [-0.1, -0.05) is 17.7 Å². The molecule has 2 aromatic carbocycles. The molecule has 3 rings (SSSR count). The smallest absolute Gasteiger partial charge is 0.188 e. The highest BCUT2D eigenvalue weighted by Gasteiger charge is 2.07. The summed E-state index contributed by atoms with van der Waals surface area (Å²) in [6.07, 6.45) is 0. The Morgan fingerprint density at radius 3 is 2.55 bits per heavy atom. The van der Waals surface area contributed by atoms with Crippen molar-refractivity contribution < 1.29 is 4.74 Å². The first kappa shape index (κ1) is 13.2. The Labute approximate surface area is 125 Å². The second-order valence-electron chi connectivity index (χ2n) is 4.32. The number of rotatable bonds is 2. The number of methoxy groups -OCH3 is 1. The average Bonchev–Trinajstić information content (AvgIpc) is 2.48. The van der Waals surface area contributed by atoms with Crippen molar-refractivity contribution >= 4 is 33.0 Å². The summed E-state index contributed by atoms with van der Waals surface area (Å²) < 4.78 is 5.97. The highest BCUT2D eigenvalue weighted by Crippen LogP contribution is 2.32. The second-order valence-corrected chi connectivity index (χ2v) is 5.78. The lowest BCUT2D eigenvalue weighted by Gasteiger charge is -2.05. The predicted molar refractivity (Wildman–Crippen MR) is 85.1 cm³/mol. The van der Waals surface area contributed by atoms with E-state index in [1.165, 1.54) is 11.3 Å². The number of hydrogen-bond acceptors (Lipinski definition) is 3. The van der Waals surface area contributed by atoms with Crippen LogP contribution in [0.4, 0.5) is 0 Å². The van der Waals surface area contributed by atoms with Gasteiger partial charge in [0.05, 0.1) is 16.8 Å². The summed E-state index contributed by atoms with van der Waals surface area (Å²) in [6.45, 7) is 0. The molecule has 0 N–H and O–H groups in total. The average molecular weight is 303 g/mol. The van der Waals surface area contributed by atoms with E-state index < -0.39 is 0 Å². The predicted octanol–water partition coefficient (Wildman–Crippen LogP) is 4.59. The summed E-state index contributed by atoms with van der Waals surface area (Å²) in [5, 5.41) is 1.28. The van der Waals surface area contributed by atoms with Gasteiger partial charge in [-0.25, -0.2) is 0 Å². The molecular formula is C16H11ClO2S. The lowest BCUT2D eigenvalue weighted by atomic mass is 10.1. The van der Waals surface area contributed by atoms with Crippen LogP contribution in [0.5, 0.6) is 5.75 Å². The minimum atomic E-state index is -0.00734. The lowest BCUT2D eigenvalue weighted by Crippen LogP contribution is -1.98. The van der Waals surface area contributed by atoms with Crippen LogP contribution in [0.15, 0.2) is 53.3 Å². The molecule has 100 valence electrons. The summed E-state index contributed by atoms with van der Waals surface area (Å²) in [7, 11) is 1.63. The van der Waals surface area contributed by atoms with E-state index in [0.717, 1.165) is 20.9 Å². The van der Waals surface area contributed by atoms with Crippen molar-refractivity contribution in [1.82, 2.24) is 0 Å². The summed E-state index contributed by atoms with van der Waals surface area (Å²) in [4.78, 5) is 13.1. The Kier molecular flexibility index (Phi) is 3.47. The van der Waals surface area contributed by atoms with Crippen LogP contribution >= 0.6 is 22.9 Å². The SMILES string of the molecule is COc1ccc(-c2cc(=O)c3cccc(Cl)c3s2)cc1. The molecule has 0 atom stereocenters. The Balaban J connectivity index is 2.21. The fraction of sp³-hybridized carbons (Fsp3) is 0.0625. The van der Waals surface area contributed by atoms with Crippen molar-refractivity contribution in [2.75, 3.05) is 7.11 Å². The zero-order chi connectivity index (χ0) is 14.1. The van der Waals surface area contributed by atoms with Gasteiger partial charge in [-0.2, -0.15) is 0 Å². The van der Waals surface area contributed by atoms with Gasteiger partial charge in [0.1, 0.15) is 5.75 Å². The van der Waals surface area contributed by atoms with Gasteiger partial charge >= 0.3 is 0 Å². The number of fused-ring (bicyclic) bond motifs is 1. The van der Waals surface area contributed by atoms with Gasteiger partial charge in [-0.15, -0.1) is 11.3 Å². The molecule has 3 aromatic rings. The second kappa shape index (κ2) is 5.27. The molecule has 0 unspecified atom stereocenters. The molecular weight excluding hydrogens is 292 g/mol. The van der Waals surface area contributed by atoms with Gasteiger partial charge in [0.2, 0.25) is 0 Å². The van der Waals surface area contributed by atoms with Crippen LogP contribution in [-0.4, -0.2) is 7.11 Å². The molecule has 0 aliphatic heterocycles. The molecule has 4 heteroatoms. The van der Waals surface area contributed by atoms with Crippen molar-refractivity contribution in [2.24, 2.45) is 0 Å². The standard InChI is InChI=1S/C16H11ClO2S/c1-19-11-7-5-10(6-8-11)15-9-14(18)12-3-2-4-13(17)16(12)20-15/h2-9H,1H3. The third-order valence-corrected chi connectivity index (χ3v) is 4.73. The molecule has 0 radical (unpaired) electrons. The lowest BCUT2D eigenvalue weighted by molar-refractivity contribution is 0.415. The summed E-state index contributed by atoms with van der Waals surface area (Å²) in [5.41, 5.74) is 0.974. The van der Waals surface area contributed by atoms with E-state index in [0.29, 0.717) is 10.4 Å². The third-order valence-electron chi connectivity index (χ3n) is 3.08. The van der Waals surface area contributed by atoms with Gasteiger partial charge in [-0.3, -0.25) is 4.79 Å². The van der Waals surface area contributed by atoms with Gasteiger partial charge < -0.3 is 4.74 Å². The minimum absolute atomic E-state index is 0.00734. The van der Waals surface area contributed by atoms with E-state index in [1.807, 2.05) is 24.3 Å². The zero-order valence-corrected chi connectivity index (χ0v) is 12.3. The van der Waals surface area contributed by atoms with Crippen molar-refractivity contribution in [3.05, 3.63) is 63.8 Å². The quantitative estimate of drug-likeness (QED) is 0.692. The van der Waals surface area contributed by atoms with Crippen LogP contribution in [0.3, 0.4) is 0 Å². The molecule has 1 heterocycles. The third kappa shape index (κ3) is 2.30. The number of hydrogen-bond donors (Lipinski definition) is 0. The molecule has 0 spiro atoms. The van der Waals surface area contributed by atoms with Crippen LogP contribution in [0.25, 0.3) is 20.5 Å². The molecule has 1 aromatic heterocycles. The van der Waals surface area contributed by atoms with E-state index in [9.17, 15) is 4.79 Å². The van der Waals surface area contributed by atoms with Crippen molar-refractivity contribution in [3.8, 4) is 16.2 Å². The summed E-state index contributed by atoms with van der Waals surface area (Å²) in [6, 6.07) is 14.7. The molecule has 0 saturated heterocycles. The molecule has 0 amide bonds. The molecule has 2 nitrogen and oxygen atoms in total. The fourth-order valence-corrected chi connectivity index (χ4v) is 3.41. The van der Waals surface area contributed by atoms with E-state index in [2.05, 4.69) is 0 Å². The van der Waals surface area contributed by atoms with E-state index in [4.69, 9.17) is 16.3 Å². The molecule has 0 aliphatic rings. The van der Waals surface area contributed by atoms with Gasteiger partial charge in [0, 0.05) is 16.3 Å². The van der Waals surface area contributed by atoms with E-state index >= 15 is 0 Å². The molecule has 0 bridgehead atoms. The topological polar surface area (TPSA) is 26.3 Å². The van der Waals surface area contributed by atoms with E-state index in [-0.39, 0.29) is 5.43 Å². The molecule has 0 saturated carbocycles. The van der Waals surface area contributed by atoms with Crippen LogP contribution in [0.1, 0.15) is 0 Å². The first-order valence-electron chi connectivity index (χ1n) is 6.06. The monoisotopic (exact) mass is 302 g/mol. The normalized spacial score (nSPS) is 10.7. The number of benzene rings is 2. The van der Waals surface area contributed by atoms with Crippen molar-refractivity contribution in [3.63, 3.8) is 0 Å². The molecule has 20 heavy (non-hydrogen) atoms. The van der Waals surface area contributed by atoms with Gasteiger partial charge in [-0.05, 0) is 42.0 Å². The fourth-order valence-electron chi connectivity index (χ4n) is 2.04. The Morgan fingerprint density at radius 2 is 1.85 bits per heavy atom. The van der Waals surface area contributed by atoms with Crippen molar-refractivity contribution in [2.45, 2.75) is 0 Å². The largest absolute Gasteiger partial charge is 0.497 e. The van der Waals surface area contributed by atoms with Gasteiger partial charge in [0.15, 0.2) is 5.43 Å². The Hall–Kier alpha value is -1.84. The van der Waals surface area contributed by atoms with Crippen LogP contribution in [-0.2, 0) is 0 Å². The molecule has 0 aliphatic carbocycles. The maximum absolute atomic E-state index is 12.2. The Bertz CT molecular complexity index is 822. The van der Waals surface area contributed by atoms with Crippen LogP contribution in [0, 0.1) is 0 Å². The van der Waals surface area contributed by atoms with Gasteiger partial charge in [0.25, 0.3) is 0 Å². The zero-order valence-electron chi connectivity index (χ0n) is 10.7.